The first-order valence-corrected chi connectivity index (χ1v) is 6.37. The molecule has 0 bridgehead atoms. The largest absolute Gasteiger partial charge is 0.350 e. The van der Waals surface area contributed by atoms with Gasteiger partial charge in [0, 0.05) is 12.1 Å². The van der Waals surface area contributed by atoms with E-state index in [1.165, 1.54) is 0 Å². The van der Waals surface area contributed by atoms with Crippen molar-refractivity contribution in [2.24, 2.45) is 0 Å². The van der Waals surface area contributed by atoms with E-state index in [0.29, 0.717) is 12.1 Å². The van der Waals surface area contributed by atoms with Crippen LogP contribution in [0.1, 0.15) is 38.8 Å². The lowest BCUT2D eigenvalue weighted by Crippen LogP contribution is -2.49. The summed E-state index contributed by atoms with van der Waals surface area (Å²) in [4.78, 5) is 11.9. The second-order valence-electron chi connectivity index (χ2n) is 5.61. The van der Waals surface area contributed by atoms with Crippen LogP contribution in [0.4, 0.5) is 0 Å². The average Bonchev–Trinajstić information content (AvgIpc) is 2.34. The van der Waals surface area contributed by atoms with Gasteiger partial charge in [0.05, 0.1) is 17.7 Å². The maximum absolute atomic E-state index is 11.9. The van der Waals surface area contributed by atoms with Crippen molar-refractivity contribution in [3.8, 4) is 6.07 Å². The van der Waals surface area contributed by atoms with Crippen LogP contribution in [-0.4, -0.2) is 17.5 Å². The highest BCUT2D eigenvalue weighted by atomic mass is 16.2. The van der Waals surface area contributed by atoms with E-state index in [1.54, 1.807) is 6.07 Å². The lowest BCUT2D eigenvalue weighted by molar-refractivity contribution is -0.124. The van der Waals surface area contributed by atoms with Crippen molar-refractivity contribution in [2.75, 3.05) is 0 Å². The molecule has 0 aliphatic carbocycles. The fourth-order valence-corrected chi connectivity index (χ4v) is 1.62. The molecule has 1 rings (SSSR count). The zero-order valence-electron chi connectivity index (χ0n) is 11.9. The van der Waals surface area contributed by atoms with Crippen molar-refractivity contribution in [1.82, 2.24) is 10.6 Å². The standard InChI is InChI=1S/C15H21N3O/c1-11(14(19)18-15(2,3)4)17-10-13-8-6-5-7-12(13)9-16/h5-8,11,17H,10H2,1-4H3,(H,18,19). The number of nitrogens with one attached hydrogen (secondary N) is 2. The van der Waals surface area contributed by atoms with Crippen molar-refractivity contribution in [3.05, 3.63) is 35.4 Å². The highest BCUT2D eigenvalue weighted by Crippen LogP contribution is 2.07. The predicted molar refractivity (Wildman–Crippen MR) is 75.4 cm³/mol. The Morgan fingerprint density at radius 3 is 2.58 bits per heavy atom. The molecule has 0 spiro atoms. The molecule has 0 heterocycles. The van der Waals surface area contributed by atoms with Crippen molar-refractivity contribution >= 4 is 5.91 Å². The summed E-state index contributed by atoms with van der Waals surface area (Å²) in [5.41, 5.74) is 1.30. The molecule has 19 heavy (non-hydrogen) atoms. The smallest absolute Gasteiger partial charge is 0.237 e. The molecule has 4 heteroatoms. The Hall–Kier alpha value is -1.86. The number of hydrogen-bond donors (Lipinski definition) is 2. The van der Waals surface area contributed by atoms with E-state index in [9.17, 15) is 4.79 Å². The Morgan fingerprint density at radius 1 is 1.37 bits per heavy atom. The molecule has 0 aliphatic rings. The number of nitrogens with zero attached hydrogens (tertiary/aromatic N) is 1. The minimum Gasteiger partial charge on any atom is -0.350 e. The summed E-state index contributed by atoms with van der Waals surface area (Å²) >= 11 is 0. The molecule has 0 aliphatic heterocycles. The Morgan fingerprint density at radius 2 is 2.00 bits per heavy atom. The van der Waals surface area contributed by atoms with Crippen LogP contribution in [0.3, 0.4) is 0 Å². The molecule has 0 radical (unpaired) electrons. The van der Waals surface area contributed by atoms with E-state index in [0.717, 1.165) is 5.56 Å². The van der Waals surface area contributed by atoms with E-state index in [2.05, 4.69) is 16.7 Å². The lowest BCUT2D eigenvalue weighted by Gasteiger charge is -2.23. The fourth-order valence-electron chi connectivity index (χ4n) is 1.62. The molecule has 1 unspecified atom stereocenters. The molecule has 0 aromatic heterocycles. The van der Waals surface area contributed by atoms with Crippen LogP contribution >= 0.6 is 0 Å². The van der Waals surface area contributed by atoms with Gasteiger partial charge in [0.1, 0.15) is 0 Å². The molecule has 102 valence electrons. The van der Waals surface area contributed by atoms with E-state index < -0.39 is 0 Å². The van der Waals surface area contributed by atoms with Gasteiger partial charge in [-0.3, -0.25) is 4.79 Å². The third kappa shape index (κ3) is 5.11. The quantitative estimate of drug-likeness (QED) is 0.868. The second kappa shape index (κ2) is 6.35. The molecule has 0 saturated carbocycles. The molecule has 1 atom stereocenters. The Bertz CT molecular complexity index is 483. The van der Waals surface area contributed by atoms with E-state index >= 15 is 0 Å². The molecule has 1 aromatic carbocycles. The number of hydrogen-bond acceptors (Lipinski definition) is 3. The second-order valence-corrected chi connectivity index (χ2v) is 5.61. The average molecular weight is 259 g/mol. The summed E-state index contributed by atoms with van der Waals surface area (Å²) in [6.45, 7) is 8.16. The highest BCUT2D eigenvalue weighted by molar-refractivity contribution is 5.81. The van der Waals surface area contributed by atoms with Crippen LogP contribution in [0.25, 0.3) is 0 Å². The maximum atomic E-state index is 11.9. The maximum Gasteiger partial charge on any atom is 0.237 e. The first kappa shape index (κ1) is 15.2. The molecule has 4 nitrogen and oxygen atoms in total. The Balaban J connectivity index is 2.57. The van der Waals surface area contributed by atoms with Crippen LogP contribution < -0.4 is 10.6 Å². The Kier molecular flexibility index (Phi) is 5.08. The minimum atomic E-state index is -0.300. The van der Waals surface area contributed by atoms with Crippen molar-refractivity contribution in [3.63, 3.8) is 0 Å². The number of benzene rings is 1. The Labute approximate surface area is 114 Å². The van der Waals surface area contributed by atoms with Crippen molar-refractivity contribution < 1.29 is 4.79 Å². The van der Waals surface area contributed by atoms with Gasteiger partial charge in [0.15, 0.2) is 0 Å². The van der Waals surface area contributed by atoms with Crippen LogP contribution in [0.2, 0.25) is 0 Å². The normalized spacial score (nSPS) is 12.6. The van der Waals surface area contributed by atoms with Crippen LogP contribution in [0.15, 0.2) is 24.3 Å². The lowest BCUT2D eigenvalue weighted by atomic mass is 10.1. The van der Waals surface area contributed by atoms with Crippen molar-refractivity contribution in [2.45, 2.75) is 45.8 Å². The van der Waals surface area contributed by atoms with Gasteiger partial charge in [-0.1, -0.05) is 18.2 Å². The number of amides is 1. The summed E-state index contributed by atoms with van der Waals surface area (Å²) < 4.78 is 0. The van der Waals surface area contributed by atoms with Crippen LogP contribution in [0, 0.1) is 11.3 Å². The molecule has 2 N–H and O–H groups in total. The summed E-state index contributed by atoms with van der Waals surface area (Å²) in [6.07, 6.45) is 0. The van der Waals surface area contributed by atoms with Gasteiger partial charge in [0.2, 0.25) is 5.91 Å². The molecule has 1 amide bonds. The number of carbonyl (C=O) groups excluding carboxylic acids is 1. The van der Waals surface area contributed by atoms with E-state index in [1.807, 2.05) is 45.9 Å². The monoisotopic (exact) mass is 259 g/mol. The number of carbonyl (C=O) groups is 1. The third-order valence-corrected chi connectivity index (χ3v) is 2.63. The molecular formula is C15H21N3O. The van der Waals surface area contributed by atoms with Gasteiger partial charge in [-0.05, 0) is 39.3 Å². The number of rotatable bonds is 4. The summed E-state index contributed by atoms with van der Waals surface area (Å²) in [5, 5.41) is 15.0. The first-order chi connectivity index (χ1) is 8.83. The summed E-state index contributed by atoms with van der Waals surface area (Å²) in [6, 6.07) is 9.23. The number of nitriles is 1. The minimum absolute atomic E-state index is 0.0399. The fraction of sp³-hybridized carbons (Fsp3) is 0.467. The topological polar surface area (TPSA) is 64.9 Å². The summed E-state index contributed by atoms with van der Waals surface area (Å²) in [7, 11) is 0. The third-order valence-electron chi connectivity index (χ3n) is 2.63. The van der Waals surface area contributed by atoms with Crippen LogP contribution in [0.5, 0.6) is 0 Å². The predicted octanol–water partition coefficient (Wildman–Crippen LogP) is 1.95. The molecule has 0 saturated heterocycles. The van der Waals surface area contributed by atoms with Gasteiger partial charge >= 0.3 is 0 Å². The van der Waals surface area contributed by atoms with Crippen molar-refractivity contribution in [1.29, 1.82) is 5.26 Å². The molecular weight excluding hydrogens is 238 g/mol. The highest BCUT2D eigenvalue weighted by Gasteiger charge is 2.18. The van der Waals surface area contributed by atoms with Gasteiger partial charge in [0.25, 0.3) is 0 Å². The van der Waals surface area contributed by atoms with Gasteiger partial charge in [-0.15, -0.1) is 0 Å². The van der Waals surface area contributed by atoms with E-state index in [4.69, 9.17) is 5.26 Å². The van der Waals surface area contributed by atoms with Gasteiger partial charge in [-0.25, -0.2) is 0 Å². The zero-order chi connectivity index (χ0) is 14.5. The first-order valence-electron chi connectivity index (χ1n) is 6.37. The summed E-state index contributed by atoms with van der Waals surface area (Å²) in [5.74, 6) is -0.0399. The van der Waals surface area contributed by atoms with Gasteiger partial charge < -0.3 is 10.6 Å². The molecule has 1 aromatic rings. The molecule has 0 fully saturated rings. The van der Waals surface area contributed by atoms with E-state index in [-0.39, 0.29) is 17.5 Å². The zero-order valence-corrected chi connectivity index (χ0v) is 11.9. The SMILES string of the molecule is CC(NCc1ccccc1C#N)C(=O)NC(C)(C)C. The van der Waals surface area contributed by atoms with Gasteiger partial charge in [-0.2, -0.15) is 5.26 Å². The van der Waals surface area contributed by atoms with Crippen LogP contribution in [-0.2, 0) is 11.3 Å².